The van der Waals surface area contributed by atoms with Crippen LogP contribution in [0.2, 0.25) is 0 Å². The predicted molar refractivity (Wildman–Crippen MR) is 105 cm³/mol. The molecule has 136 valence electrons. The second-order valence-electron chi connectivity index (χ2n) is 6.60. The summed E-state index contributed by atoms with van der Waals surface area (Å²) in [6.45, 7) is 7.17. The number of benzene rings is 2. The molecule has 0 saturated carbocycles. The summed E-state index contributed by atoms with van der Waals surface area (Å²) in [6.07, 6.45) is 0.321. The second kappa shape index (κ2) is 7.70. The van der Waals surface area contributed by atoms with Gasteiger partial charge < -0.3 is 11.1 Å². The van der Waals surface area contributed by atoms with Gasteiger partial charge in [0.1, 0.15) is 0 Å². The number of hydrogen-bond donors (Lipinski definition) is 2. The number of carbonyl (C=O) groups is 1. The quantitative estimate of drug-likeness (QED) is 0.718. The van der Waals surface area contributed by atoms with Crippen molar-refractivity contribution >= 4 is 16.7 Å². The van der Waals surface area contributed by atoms with E-state index in [0.29, 0.717) is 13.0 Å². The van der Waals surface area contributed by atoms with Crippen molar-refractivity contribution < 1.29 is 4.79 Å². The van der Waals surface area contributed by atoms with E-state index in [4.69, 9.17) is 5.73 Å². The molecule has 0 radical (unpaired) electrons. The van der Waals surface area contributed by atoms with Gasteiger partial charge >= 0.3 is 0 Å². The number of amides is 1. The zero-order valence-electron chi connectivity index (χ0n) is 15.6. The number of nitrogens with zero attached hydrogens (tertiary/aromatic N) is 2. The van der Waals surface area contributed by atoms with Crippen molar-refractivity contribution in [3.63, 3.8) is 0 Å². The van der Waals surface area contributed by atoms with Crippen LogP contribution in [0.25, 0.3) is 10.8 Å². The van der Waals surface area contributed by atoms with Crippen LogP contribution in [0.15, 0.2) is 42.5 Å². The van der Waals surface area contributed by atoms with Crippen molar-refractivity contribution in [2.24, 2.45) is 5.73 Å². The molecule has 1 unspecified atom stereocenters. The molecule has 3 aromatic rings. The van der Waals surface area contributed by atoms with Gasteiger partial charge in [-0.1, -0.05) is 36.4 Å². The Morgan fingerprint density at radius 1 is 1.19 bits per heavy atom. The van der Waals surface area contributed by atoms with E-state index in [9.17, 15) is 4.79 Å². The van der Waals surface area contributed by atoms with Gasteiger partial charge in [-0.25, -0.2) is 0 Å². The number of aryl methyl sites for hydroxylation is 2. The maximum absolute atomic E-state index is 12.6. The van der Waals surface area contributed by atoms with E-state index in [1.807, 2.05) is 43.7 Å². The lowest BCUT2D eigenvalue weighted by molar-refractivity contribution is -0.121. The largest absolute Gasteiger partial charge is 0.348 e. The molecule has 1 aromatic heterocycles. The molecule has 1 atom stereocenters. The molecule has 0 aliphatic rings. The van der Waals surface area contributed by atoms with Crippen LogP contribution in [-0.4, -0.2) is 22.2 Å². The SMILES string of the molecule is CCn1nc(C)c(CC(=O)NC(CN)c2ccc3ccccc3c2)c1C. The second-order valence-corrected chi connectivity index (χ2v) is 6.60. The molecule has 3 rings (SSSR count). The van der Waals surface area contributed by atoms with E-state index in [0.717, 1.165) is 34.4 Å². The van der Waals surface area contributed by atoms with Crippen LogP contribution in [-0.2, 0) is 17.8 Å². The topological polar surface area (TPSA) is 72.9 Å². The molecule has 0 fully saturated rings. The first-order valence-electron chi connectivity index (χ1n) is 9.04. The summed E-state index contributed by atoms with van der Waals surface area (Å²) in [7, 11) is 0. The van der Waals surface area contributed by atoms with Crippen molar-refractivity contribution in [3.05, 3.63) is 65.0 Å². The third-order valence-electron chi connectivity index (χ3n) is 4.92. The van der Waals surface area contributed by atoms with Gasteiger partial charge in [0.05, 0.1) is 18.2 Å². The van der Waals surface area contributed by atoms with Crippen LogP contribution >= 0.6 is 0 Å². The summed E-state index contributed by atoms with van der Waals surface area (Å²) in [6, 6.07) is 14.2. The standard InChI is InChI=1S/C21H26N4O/c1-4-25-15(3)19(14(2)24-25)12-21(26)23-20(13-22)18-10-9-16-7-5-6-8-17(16)11-18/h5-11,20H,4,12-13,22H2,1-3H3,(H,23,26). The molecule has 1 heterocycles. The molecule has 0 spiro atoms. The van der Waals surface area contributed by atoms with Gasteiger partial charge in [0.2, 0.25) is 5.91 Å². The Bertz CT molecular complexity index is 929. The average molecular weight is 350 g/mol. The van der Waals surface area contributed by atoms with Gasteiger partial charge in [0.15, 0.2) is 0 Å². The molecule has 5 heteroatoms. The number of aromatic nitrogens is 2. The first kappa shape index (κ1) is 18.1. The van der Waals surface area contributed by atoms with E-state index >= 15 is 0 Å². The Labute approximate surface area is 154 Å². The van der Waals surface area contributed by atoms with Crippen molar-refractivity contribution in [2.45, 2.75) is 39.8 Å². The van der Waals surface area contributed by atoms with Crippen molar-refractivity contribution in [3.8, 4) is 0 Å². The van der Waals surface area contributed by atoms with Gasteiger partial charge in [-0.15, -0.1) is 0 Å². The highest BCUT2D eigenvalue weighted by Gasteiger charge is 2.18. The van der Waals surface area contributed by atoms with Crippen molar-refractivity contribution in [1.82, 2.24) is 15.1 Å². The van der Waals surface area contributed by atoms with E-state index in [2.05, 4.69) is 34.7 Å². The zero-order valence-corrected chi connectivity index (χ0v) is 15.6. The Morgan fingerprint density at radius 3 is 2.58 bits per heavy atom. The summed E-state index contributed by atoms with van der Waals surface area (Å²) in [5.41, 5.74) is 9.93. The van der Waals surface area contributed by atoms with E-state index in [-0.39, 0.29) is 11.9 Å². The molecule has 0 saturated heterocycles. The molecule has 2 aromatic carbocycles. The predicted octanol–water partition coefficient (Wildman–Crippen LogP) is 3.03. The monoisotopic (exact) mass is 350 g/mol. The van der Waals surface area contributed by atoms with Gasteiger partial charge in [0.25, 0.3) is 0 Å². The van der Waals surface area contributed by atoms with Crippen LogP contribution in [0.5, 0.6) is 0 Å². The van der Waals surface area contributed by atoms with Gasteiger partial charge in [0, 0.05) is 24.3 Å². The summed E-state index contributed by atoms with van der Waals surface area (Å²) >= 11 is 0. The summed E-state index contributed by atoms with van der Waals surface area (Å²) in [5, 5.41) is 9.89. The van der Waals surface area contributed by atoms with Crippen LogP contribution in [0.1, 0.15) is 35.5 Å². The fourth-order valence-corrected chi connectivity index (χ4v) is 3.41. The minimum absolute atomic E-state index is 0.0320. The molecule has 0 bridgehead atoms. The third-order valence-corrected chi connectivity index (χ3v) is 4.92. The summed E-state index contributed by atoms with van der Waals surface area (Å²) in [5.74, 6) is -0.0320. The fraction of sp³-hybridized carbons (Fsp3) is 0.333. The highest BCUT2D eigenvalue weighted by Crippen LogP contribution is 2.21. The summed E-state index contributed by atoms with van der Waals surface area (Å²) in [4.78, 5) is 12.6. The molecule has 26 heavy (non-hydrogen) atoms. The molecule has 0 aliphatic heterocycles. The first-order valence-corrected chi connectivity index (χ1v) is 9.04. The number of hydrogen-bond acceptors (Lipinski definition) is 3. The molecule has 3 N–H and O–H groups in total. The van der Waals surface area contributed by atoms with Crippen molar-refractivity contribution in [2.75, 3.05) is 6.54 Å². The number of rotatable bonds is 6. The number of fused-ring (bicyclic) bond motifs is 1. The minimum Gasteiger partial charge on any atom is -0.348 e. The van der Waals surface area contributed by atoms with Gasteiger partial charge in [-0.05, 0) is 43.2 Å². The molecule has 0 aliphatic carbocycles. The number of nitrogens with one attached hydrogen (secondary N) is 1. The van der Waals surface area contributed by atoms with E-state index < -0.39 is 0 Å². The lowest BCUT2D eigenvalue weighted by atomic mass is 10.0. The maximum atomic E-state index is 12.6. The number of carbonyl (C=O) groups excluding carboxylic acids is 1. The van der Waals surface area contributed by atoms with E-state index in [1.165, 1.54) is 5.39 Å². The molecular formula is C21H26N4O. The van der Waals surface area contributed by atoms with Gasteiger partial charge in [-0.3, -0.25) is 9.48 Å². The summed E-state index contributed by atoms with van der Waals surface area (Å²) < 4.78 is 1.93. The minimum atomic E-state index is -0.200. The lowest BCUT2D eigenvalue weighted by Gasteiger charge is -2.18. The zero-order chi connectivity index (χ0) is 18.7. The average Bonchev–Trinajstić information content (AvgIpc) is 2.93. The Hall–Kier alpha value is -2.66. The van der Waals surface area contributed by atoms with Crippen molar-refractivity contribution in [1.29, 1.82) is 0 Å². The molecule has 1 amide bonds. The van der Waals surface area contributed by atoms with E-state index in [1.54, 1.807) is 0 Å². The van der Waals surface area contributed by atoms with Crippen LogP contribution in [0.4, 0.5) is 0 Å². The fourth-order valence-electron chi connectivity index (χ4n) is 3.41. The number of nitrogens with two attached hydrogens (primary N) is 1. The Balaban J connectivity index is 1.77. The normalized spacial score (nSPS) is 12.3. The van der Waals surface area contributed by atoms with Crippen LogP contribution in [0.3, 0.4) is 0 Å². The highest BCUT2D eigenvalue weighted by molar-refractivity contribution is 5.84. The van der Waals surface area contributed by atoms with Crippen LogP contribution in [0, 0.1) is 13.8 Å². The molecular weight excluding hydrogens is 324 g/mol. The highest BCUT2D eigenvalue weighted by atomic mass is 16.1. The van der Waals surface area contributed by atoms with Gasteiger partial charge in [-0.2, -0.15) is 5.10 Å². The molecule has 5 nitrogen and oxygen atoms in total. The maximum Gasteiger partial charge on any atom is 0.225 e. The first-order chi connectivity index (χ1) is 12.5. The van der Waals surface area contributed by atoms with Crippen LogP contribution < -0.4 is 11.1 Å². The lowest BCUT2D eigenvalue weighted by Crippen LogP contribution is -2.34. The smallest absolute Gasteiger partial charge is 0.225 e. The Kier molecular flexibility index (Phi) is 5.38. The third kappa shape index (κ3) is 3.63. The Morgan fingerprint density at radius 2 is 1.92 bits per heavy atom.